The van der Waals surface area contributed by atoms with E-state index in [4.69, 9.17) is 4.43 Å². The molecule has 1 aliphatic carbocycles. The lowest BCUT2D eigenvalue weighted by atomic mass is 10.1. The molecule has 2 atom stereocenters. The first-order chi connectivity index (χ1) is 9.14. The van der Waals surface area contributed by atoms with E-state index in [1.165, 1.54) is 6.42 Å². The second-order valence-corrected chi connectivity index (χ2v) is 13.4. The Kier molecular flexibility index (Phi) is 6.30. The highest BCUT2D eigenvalue weighted by atomic mass is 28.4. The number of aliphatic hydroxyl groups is 1. The van der Waals surface area contributed by atoms with Gasteiger partial charge in [-0.25, -0.2) is 0 Å². The van der Waals surface area contributed by atoms with Crippen LogP contribution in [-0.4, -0.2) is 25.6 Å². The summed E-state index contributed by atoms with van der Waals surface area (Å²) in [6, 6.07) is 0. The molecule has 0 heterocycles. The molecule has 0 unspecified atom stereocenters. The fourth-order valence-corrected chi connectivity index (χ4v) is 9.59. The third kappa shape index (κ3) is 4.08. The van der Waals surface area contributed by atoms with Crippen LogP contribution in [0.1, 0.15) is 74.1 Å². The maximum Gasteiger partial charge on any atom is 0.200 e. The standard InChI is InChI=1S/C17H36O2Si/c1-13(2)20(14(3)4,15(5)6)19-11-9-8-10-16-12-17(16,7)18/h13-16,18H,8-12H2,1-7H3/t16-,17-/m1/s1. The molecule has 1 aliphatic rings. The summed E-state index contributed by atoms with van der Waals surface area (Å²) in [4.78, 5) is 0. The largest absolute Gasteiger partial charge is 0.416 e. The Hall–Kier alpha value is 0.137. The van der Waals surface area contributed by atoms with Crippen LogP contribution in [0.3, 0.4) is 0 Å². The van der Waals surface area contributed by atoms with Crippen molar-refractivity contribution < 1.29 is 9.53 Å². The first-order valence-corrected chi connectivity index (χ1v) is 10.6. The zero-order valence-corrected chi connectivity index (χ0v) is 15.7. The van der Waals surface area contributed by atoms with Crippen molar-refractivity contribution in [1.82, 2.24) is 0 Å². The van der Waals surface area contributed by atoms with Gasteiger partial charge < -0.3 is 9.53 Å². The number of rotatable bonds is 9. The lowest BCUT2D eigenvalue weighted by molar-refractivity contribution is 0.148. The minimum absolute atomic E-state index is 0.354. The average Bonchev–Trinajstić information content (AvgIpc) is 2.89. The number of unbranched alkanes of at least 4 members (excludes halogenated alkanes) is 1. The van der Waals surface area contributed by atoms with Crippen molar-refractivity contribution in [3.05, 3.63) is 0 Å². The molecule has 2 nitrogen and oxygen atoms in total. The molecular formula is C17H36O2Si. The van der Waals surface area contributed by atoms with Gasteiger partial charge >= 0.3 is 0 Å². The van der Waals surface area contributed by atoms with Crippen LogP contribution in [0.25, 0.3) is 0 Å². The molecule has 120 valence electrons. The second-order valence-electron chi connectivity index (χ2n) is 7.92. The Morgan fingerprint density at radius 3 is 1.85 bits per heavy atom. The van der Waals surface area contributed by atoms with Crippen molar-refractivity contribution >= 4 is 8.32 Å². The van der Waals surface area contributed by atoms with Gasteiger partial charge in [-0.15, -0.1) is 0 Å². The normalized spacial score (nSPS) is 26.9. The van der Waals surface area contributed by atoms with Crippen LogP contribution in [0.4, 0.5) is 0 Å². The van der Waals surface area contributed by atoms with Crippen LogP contribution < -0.4 is 0 Å². The highest BCUT2D eigenvalue weighted by Gasteiger charge is 2.47. The van der Waals surface area contributed by atoms with E-state index in [9.17, 15) is 5.11 Å². The Labute approximate surface area is 127 Å². The first kappa shape index (κ1) is 18.2. The lowest BCUT2D eigenvalue weighted by Crippen LogP contribution is -2.47. The molecule has 0 aromatic heterocycles. The van der Waals surface area contributed by atoms with Crippen LogP contribution in [0.5, 0.6) is 0 Å². The monoisotopic (exact) mass is 300 g/mol. The molecule has 1 rings (SSSR count). The van der Waals surface area contributed by atoms with E-state index in [0.29, 0.717) is 22.5 Å². The molecule has 0 spiro atoms. The van der Waals surface area contributed by atoms with E-state index in [0.717, 1.165) is 25.9 Å². The fourth-order valence-electron chi connectivity index (χ4n) is 4.09. The summed E-state index contributed by atoms with van der Waals surface area (Å²) < 4.78 is 6.54. The molecule has 3 heteroatoms. The van der Waals surface area contributed by atoms with Crippen molar-refractivity contribution in [3.8, 4) is 0 Å². The maximum atomic E-state index is 9.77. The van der Waals surface area contributed by atoms with Crippen LogP contribution in [0.15, 0.2) is 0 Å². The summed E-state index contributed by atoms with van der Waals surface area (Å²) in [5, 5.41) is 9.77. The summed E-state index contributed by atoms with van der Waals surface area (Å²) in [5.41, 5.74) is 1.66. The van der Waals surface area contributed by atoms with E-state index in [-0.39, 0.29) is 5.60 Å². The lowest BCUT2D eigenvalue weighted by Gasteiger charge is -2.42. The zero-order valence-electron chi connectivity index (χ0n) is 14.7. The summed E-state index contributed by atoms with van der Waals surface area (Å²) in [5.74, 6) is 0.546. The molecule has 0 amide bonds. The quantitative estimate of drug-likeness (QED) is 0.473. The van der Waals surface area contributed by atoms with Gasteiger partial charge in [0.2, 0.25) is 0 Å². The molecule has 0 saturated heterocycles. The van der Waals surface area contributed by atoms with Gasteiger partial charge in [-0.2, -0.15) is 0 Å². The minimum Gasteiger partial charge on any atom is -0.416 e. The predicted molar refractivity (Wildman–Crippen MR) is 89.6 cm³/mol. The van der Waals surface area contributed by atoms with Crippen molar-refractivity contribution in [2.75, 3.05) is 6.61 Å². The van der Waals surface area contributed by atoms with E-state index >= 15 is 0 Å². The molecular weight excluding hydrogens is 264 g/mol. The highest BCUT2D eigenvalue weighted by molar-refractivity contribution is 6.77. The summed E-state index contributed by atoms with van der Waals surface area (Å²) in [6.07, 6.45) is 4.50. The second kappa shape index (κ2) is 6.93. The molecule has 0 aromatic carbocycles. The molecule has 1 saturated carbocycles. The van der Waals surface area contributed by atoms with E-state index in [2.05, 4.69) is 41.5 Å². The smallest absolute Gasteiger partial charge is 0.200 e. The number of hydrogen-bond donors (Lipinski definition) is 1. The topological polar surface area (TPSA) is 29.5 Å². The molecule has 1 fully saturated rings. The molecule has 1 N–H and O–H groups in total. The average molecular weight is 301 g/mol. The Balaban J connectivity index is 2.36. The zero-order chi connectivity index (χ0) is 15.6. The summed E-state index contributed by atoms with van der Waals surface area (Å²) in [7, 11) is -1.67. The van der Waals surface area contributed by atoms with Crippen molar-refractivity contribution in [2.24, 2.45) is 5.92 Å². The van der Waals surface area contributed by atoms with Gasteiger partial charge in [-0.05, 0) is 48.7 Å². The molecule has 20 heavy (non-hydrogen) atoms. The first-order valence-electron chi connectivity index (χ1n) is 8.51. The maximum absolute atomic E-state index is 9.77. The Morgan fingerprint density at radius 1 is 1.05 bits per heavy atom. The molecule has 0 aromatic rings. The van der Waals surface area contributed by atoms with Gasteiger partial charge in [0, 0.05) is 6.61 Å². The predicted octanol–water partition coefficient (Wildman–Crippen LogP) is 5.12. The fraction of sp³-hybridized carbons (Fsp3) is 1.00. The molecule has 0 bridgehead atoms. The van der Waals surface area contributed by atoms with Gasteiger partial charge in [0.25, 0.3) is 0 Å². The Morgan fingerprint density at radius 2 is 1.50 bits per heavy atom. The van der Waals surface area contributed by atoms with Crippen LogP contribution >= 0.6 is 0 Å². The van der Waals surface area contributed by atoms with Crippen molar-refractivity contribution in [3.63, 3.8) is 0 Å². The van der Waals surface area contributed by atoms with Crippen LogP contribution in [0, 0.1) is 5.92 Å². The third-order valence-electron chi connectivity index (χ3n) is 5.39. The minimum atomic E-state index is -1.67. The molecule has 0 radical (unpaired) electrons. The van der Waals surface area contributed by atoms with Crippen molar-refractivity contribution in [2.45, 2.75) is 96.4 Å². The SMILES string of the molecule is CC(C)[Si](OCCCC[C@@H]1C[C@@]1(C)O)(C(C)C)C(C)C. The van der Waals surface area contributed by atoms with Crippen molar-refractivity contribution in [1.29, 1.82) is 0 Å². The van der Waals surface area contributed by atoms with Crippen LogP contribution in [0.2, 0.25) is 16.6 Å². The van der Waals surface area contributed by atoms with Gasteiger partial charge in [0.1, 0.15) is 0 Å². The summed E-state index contributed by atoms with van der Waals surface area (Å²) in [6.45, 7) is 16.9. The van der Waals surface area contributed by atoms with Gasteiger partial charge in [-0.1, -0.05) is 48.0 Å². The van der Waals surface area contributed by atoms with Gasteiger partial charge in [0.15, 0.2) is 8.32 Å². The van der Waals surface area contributed by atoms with E-state index in [1.54, 1.807) is 0 Å². The summed E-state index contributed by atoms with van der Waals surface area (Å²) >= 11 is 0. The third-order valence-corrected chi connectivity index (χ3v) is 11.5. The number of hydrogen-bond acceptors (Lipinski definition) is 2. The Bertz CT molecular complexity index is 276. The van der Waals surface area contributed by atoms with E-state index < -0.39 is 8.32 Å². The van der Waals surface area contributed by atoms with Gasteiger partial charge in [0.05, 0.1) is 5.60 Å². The molecule has 0 aliphatic heterocycles. The van der Waals surface area contributed by atoms with Crippen LogP contribution in [-0.2, 0) is 4.43 Å². The highest BCUT2D eigenvalue weighted by Crippen LogP contribution is 2.46. The van der Waals surface area contributed by atoms with Gasteiger partial charge in [-0.3, -0.25) is 0 Å². The van der Waals surface area contributed by atoms with E-state index in [1.807, 2.05) is 6.92 Å².